The molecule has 2 aromatic rings. The van der Waals surface area contributed by atoms with Crippen molar-refractivity contribution in [1.82, 2.24) is 9.88 Å². The second-order valence-electron chi connectivity index (χ2n) is 6.50. The van der Waals surface area contributed by atoms with E-state index in [1.165, 1.54) is 12.5 Å². The summed E-state index contributed by atoms with van der Waals surface area (Å²) in [7, 11) is 0. The molecular formula is C20H23N3O2. The van der Waals surface area contributed by atoms with Crippen LogP contribution in [0.25, 0.3) is 0 Å². The topological polar surface area (TPSA) is 53.5 Å². The molecule has 0 aliphatic carbocycles. The van der Waals surface area contributed by atoms with Crippen LogP contribution >= 0.6 is 0 Å². The van der Waals surface area contributed by atoms with Gasteiger partial charge in [-0.2, -0.15) is 0 Å². The Morgan fingerprint density at radius 3 is 2.76 bits per heavy atom. The molecule has 3 rings (SSSR count). The van der Waals surface area contributed by atoms with E-state index in [0.717, 1.165) is 17.7 Å². The quantitative estimate of drug-likeness (QED) is 0.843. The molecule has 0 radical (unpaired) electrons. The van der Waals surface area contributed by atoms with Gasteiger partial charge in [-0.05, 0) is 36.6 Å². The van der Waals surface area contributed by atoms with Gasteiger partial charge in [0.15, 0.2) is 0 Å². The van der Waals surface area contributed by atoms with Gasteiger partial charge in [-0.1, -0.05) is 24.3 Å². The third-order valence-electron chi connectivity index (χ3n) is 4.61. The Morgan fingerprint density at radius 1 is 1.24 bits per heavy atom. The highest BCUT2D eigenvalue weighted by atomic mass is 16.2. The SMILES string of the molecule is CC(=O)N(CCC(=O)N1c2ccccc2CC1C)Cc1cccnc1. The lowest BCUT2D eigenvalue weighted by molar-refractivity contribution is -0.130. The summed E-state index contributed by atoms with van der Waals surface area (Å²) in [6.45, 7) is 4.49. The van der Waals surface area contributed by atoms with E-state index in [9.17, 15) is 9.59 Å². The van der Waals surface area contributed by atoms with E-state index in [1.54, 1.807) is 17.3 Å². The van der Waals surface area contributed by atoms with Crippen LogP contribution in [0.3, 0.4) is 0 Å². The first-order valence-corrected chi connectivity index (χ1v) is 8.60. The third-order valence-corrected chi connectivity index (χ3v) is 4.61. The summed E-state index contributed by atoms with van der Waals surface area (Å²) in [5.74, 6) is 0.0291. The maximum Gasteiger partial charge on any atom is 0.229 e. The number of pyridine rings is 1. The lowest BCUT2D eigenvalue weighted by Gasteiger charge is -2.25. The van der Waals surface area contributed by atoms with Crippen LogP contribution in [0.1, 0.15) is 31.4 Å². The molecule has 0 saturated heterocycles. The van der Waals surface area contributed by atoms with Gasteiger partial charge in [0, 0.05) is 50.6 Å². The molecule has 25 heavy (non-hydrogen) atoms. The van der Waals surface area contributed by atoms with Gasteiger partial charge in [-0.25, -0.2) is 0 Å². The van der Waals surface area contributed by atoms with Crippen molar-refractivity contribution in [3.63, 3.8) is 0 Å². The van der Waals surface area contributed by atoms with Crippen LogP contribution in [0, 0.1) is 0 Å². The molecule has 2 amide bonds. The first kappa shape index (κ1) is 17.1. The van der Waals surface area contributed by atoms with Crippen LogP contribution in [0.15, 0.2) is 48.8 Å². The minimum absolute atomic E-state index is 0.0356. The zero-order chi connectivity index (χ0) is 17.8. The van der Waals surface area contributed by atoms with Crippen LogP contribution in [-0.2, 0) is 22.6 Å². The van der Waals surface area contributed by atoms with Crippen molar-refractivity contribution in [2.24, 2.45) is 0 Å². The van der Waals surface area contributed by atoms with Gasteiger partial charge in [0.25, 0.3) is 0 Å². The number of benzene rings is 1. The third kappa shape index (κ3) is 3.87. The van der Waals surface area contributed by atoms with Gasteiger partial charge in [-0.3, -0.25) is 14.6 Å². The van der Waals surface area contributed by atoms with Crippen molar-refractivity contribution in [1.29, 1.82) is 0 Å². The molecule has 1 atom stereocenters. The minimum Gasteiger partial charge on any atom is -0.338 e. The lowest BCUT2D eigenvalue weighted by Crippen LogP contribution is -2.39. The number of aromatic nitrogens is 1. The first-order valence-electron chi connectivity index (χ1n) is 8.60. The summed E-state index contributed by atoms with van der Waals surface area (Å²) < 4.78 is 0. The second-order valence-corrected chi connectivity index (χ2v) is 6.50. The molecule has 1 unspecified atom stereocenters. The molecule has 130 valence electrons. The molecule has 5 nitrogen and oxygen atoms in total. The summed E-state index contributed by atoms with van der Waals surface area (Å²) in [6, 6.07) is 12.0. The fourth-order valence-electron chi connectivity index (χ4n) is 3.36. The number of rotatable bonds is 5. The maximum atomic E-state index is 12.8. The molecule has 2 heterocycles. The highest BCUT2D eigenvalue weighted by molar-refractivity contribution is 5.96. The fraction of sp³-hybridized carbons (Fsp3) is 0.350. The van der Waals surface area contributed by atoms with Crippen molar-refractivity contribution < 1.29 is 9.59 Å². The molecule has 1 aromatic heterocycles. The predicted molar refractivity (Wildman–Crippen MR) is 97.0 cm³/mol. The molecule has 0 N–H and O–H groups in total. The van der Waals surface area contributed by atoms with Crippen LogP contribution in [0.5, 0.6) is 0 Å². The Labute approximate surface area is 148 Å². The number of nitrogens with zero attached hydrogens (tertiary/aromatic N) is 3. The molecule has 0 bridgehead atoms. The monoisotopic (exact) mass is 337 g/mol. The van der Waals surface area contributed by atoms with Crippen molar-refractivity contribution >= 4 is 17.5 Å². The molecule has 0 spiro atoms. The minimum atomic E-state index is -0.0356. The average Bonchev–Trinajstić information content (AvgIpc) is 2.94. The van der Waals surface area contributed by atoms with Crippen molar-refractivity contribution in [2.45, 2.75) is 39.3 Å². The number of para-hydroxylation sites is 1. The lowest BCUT2D eigenvalue weighted by atomic mass is 10.1. The molecule has 1 aliphatic heterocycles. The van der Waals surface area contributed by atoms with Crippen molar-refractivity contribution in [3.8, 4) is 0 Å². The Balaban J connectivity index is 1.65. The molecule has 1 aliphatic rings. The van der Waals surface area contributed by atoms with Gasteiger partial charge < -0.3 is 9.80 Å². The molecule has 1 aromatic carbocycles. The Bertz CT molecular complexity index is 761. The zero-order valence-corrected chi connectivity index (χ0v) is 14.7. The summed E-state index contributed by atoms with van der Waals surface area (Å²) in [6.07, 6.45) is 4.65. The van der Waals surface area contributed by atoms with Crippen LogP contribution in [0.2, 0.25) is 0 Å². The summed E-state index contributed by atoms with van der Waals surface area (Å²) in [5, 5.41) is 0. The van der Waals surface area contributed by atoms with Gasteiger partial charge in [0.2, 0.25) is 11.8 Å². The van der Waals surface area contributed by atoms with Crippen LogP contribution < -0.4 is 4.90 Å². The predicted octanol–water partition coefficient (Wildman–Crippen LogP) is 2.80. The number of fused-ring (bicyclic) bond motifs is 1. The zero-order valence-electron chi connectivity index (χ0n) is 14.7. The van der Waals surface area contributed by atoms with Gasteiger partial charge >= 0.3 is 0 Å². The van der Waals surface area contributed by atoms with E-state index >= 15 is 0 Å². The van der Waals surface area contributed by atoms with E-state index < -0.39 is 0 Å². The number of hydrogen-bond acceptors (Lipinski definition) is 3. The van der Waals surface area contributed by atoms with Gasteiger partial charge in [0.1, 0.15) is 0 Å². The highest BCUT2D eigenvalue weighted by Gasteiger charge is 2.30. The summed E-state index contributed by atoms with van der Waals surface area (Å²) in [4.78, 5) is 32.3. The van der Waals surface area contributed by atoms with E-state index in [2.05, 4.69) is 18.0 Å². The normalized spacial score (nSPS) is 15.8. The Kier molecular flexibility index (Phi) is 5.12. The average molecular weight is 337 g/mol. The number of carbonyl (C=O) groups is 2. The number of carbonyl (C=O) groups excluding carboxylic acids is 2. The standard InChI is InChI=1S/C20H23N3O2/c1-15-12-18-7-3-4-8-19(18)23(15)20(25)9-11-22(16(2)24)14-17-6-5-10-21-13-17/h3-8,10,13,15H,9,11-12,14H2,1-2H3. The van der Waals surface area contributed by atoms with Crippen molar-refractivity contribution in [2.75, 3.05) is 11.4 Å². The largest absolute Gasteiger partial charge is 0.338 e. The molecule has 0 fully saturated rings. The van der Waals surface area contributed by atoms with Gasteiger partial charge in [-0.15, -0.1) is 0 Å². The number of hydrogen-bond donors (Lipinski definition) is 0. The summed E-state index contributed by atoms with van der Waals surface area (Å²) >= 11 is 0. The van der Waals surface area contributed by atoms with E-state index in [-0.39, 0.29) is 17.9 Å². The van der Waals surface area contributed by atoms with Crippen LogP contribution in [0.4, 0.5) is 5.69 Å². The van der Waals surface area contributed by atoms with Gasteiger partial charge in [0.05, 0.1) is 0 Å². The second kappa shape index (κ2) is 7.47. The first-order chi connectivity index (χ1) is 12.1. The number of amides is 2. The summed E-state index contributed by atoms with van der Waals surface area (Å²) in [5.41, 5.74) is 3.17. The Hall–Kier alpha value is -2.69. The van der Waals surface area contributed by atoms with E-state index in [0.29, 0.717) is 19.5 Å². The maximum absolute atomic E-state index is 12.8. The molecule has 5 heteroatoms. The molecular weight excluding hydrogens is 314 g/mol. The molecule has 0 saturated carbocycles. The van der Waals surface area contributed by atoms with E-state index in [1.807, 2.05) is 35.2 Å². The fourth-order valence-corrected chi connectivity index (χ4v) is 3.36. The number of anilines is 1. The highest BCUT2D eigenvalue weighted by Crippen LogP contribution is 2.32. The van der Waals surface area contributed by atoms with Crippen molar-refractivity contribution in [3.05, 3.63) is 59.9 Å². The smallest absolute Gasteiger partial charge is 0.229 e. The van der Waals surface area contributed by atoms with E-state index in [4.69, 9.17) is 0 Å². The Morgan fingerprint density at radius 2 is 2.04 bits per heavy atom. The van der Waals surface area contributed by atoms with Crippen LogP contribution in [-0.4, -0.2) is 34.3 Å².